The maximum atomic E-state index is 2.32. The molecule has 0 saturated heterocycles. The second-order valence-corrected chi connectivity index (χ2v) is 15.0. The lowest BCUT2D eigenvalue weighted by molar-refractivity contribution is 0.511. The van der Waals surface area contributed by atoms with E-state index in [1.54, 1.807) is 0 Å². The van der Waals surface area contributed by atoms with Gasteiger partial charge < -0.3 is 0 Å². The molecule has 0 saturated carbocycles. The van der Waals surface area contributed by atoms with Crippen LogP contribution in [0.2, 0.25) is 0 Å². The summed E-state index contributed by atoms with van der Waals surface area (Å²) < 4.78 is 0. The minimum Gasteiger partial charge on any atom is -0.0845 e. The van der Waals surface area contributed by atoms with Crippen LogP contribution in [0.3, 0.4) is 0 Å². The summed E-state index contributed by atoms with van der Waals surface area (Å²) in [6.45, 7) is 0. The SMILES string of the molecule is C1=C/C=C\CCCCCCCCCCCCCCCCCCCCCCCCCCCCCCCCCCCC/C=C/C=C\C=C\C=C1. The Balaban J connectivity index is 2.14. The average molecular weight is 661 g/mol. The fraction of sp³-hybridized carbons (Fsp3) is 0.750. The predicted octanol–water partition coefficient (Wildman–Crippen LogP) is 17.4. The van der Waals surface area contributed by atoms with Crippen LogP contribution < -0.4 is 0 Å². The highest BCUT2D eigenvalue weighted by Crippen LogP contribution is 2.17. The Kier molecular flexibility index (Phi) is 38.5. The van der Waals surface area contributed by atoms with E-state index in [-0.39, 0.29) is 0 Å². The van der Waals surface area contributed by atoms with Gasteiger partial charge in [0.15, 0.2) is 0 Å². The zero-order valence-corrected chi connectivity index (χ0v) is 32.4. The first-order chi connectivity index (χ1) is 24.0. The fourth-order valence-corrected chi connectivity index (χ4v) is 7.04. The quantitative estimate of drug-likeness (QED) is 0.242. The smallest absolute Gasteiger partial charge is 0.0348 e. The monoisotopic (exact) mass is 661 g/mol. The summed E-state index contributed by atoms with van der Waals surface area (Å²) in [5.41, 5.74) is 0. The highest BCUT2D eigenvalue weighted by molar-refractivity contribution is 5.19. The third kappa shape index (κ3) is 38.9. The Morgan fingerprint density at radius 2 is 0.250 bits per heavy atom. The number of hydrogen-bond donors (Lipinski definition) is 0. The third-order valence-electron chi connectivity index (χ3n) is 10.3. The molecule has 0 unspecified atom stereocenters. The summed E-state index contributed by atoms with van der Waals surface area (Å²) in [7, 11) is 0. The van der Waals surface area contributed by atoms with Crippen molar-refractivity contribution in [3.05, 3.63) is 72.9 Å². The van der Waals surface area contributed by atoms with Crippen LogP contribution in [-0.2, 0) is 0 Å². The van der Waals surface area contributed by atoms with Crippen LogP contribution in [-0.4, -0.2) is 0 Å². The normalized spacial score (nSPS) is 24.7. The van der Waals surface area contributed by atoms with Gasteiger partial charge in [-0.05, 0) is 25.7 Å². The van der Waals surface area contributed by atoms with Crippen LogP contribution in [0.25, 0.3) is 0 Å². The molecule has 0 aromatic rings. The first-order valence-electron chi connectivity index (χ1n) is 22.0. The molecule has 0 radical (unpaired) electrons. The van der Waals surface area contributed by atoms with Gasteiger partial charge in [-0.1, -0.05) is 278 Å². The highest BCUT2D eigenvalue weighted by Gasteiger charge is 1.97. The van der Waals surface area contributed by atoms with Gasteiger partial charge >= 0.3 is 0 Å². The van der Waals surface area contributed by atoms with Gasteiger partial charge in [-0.3, -0.25) is 0 Å². The van der Waals surface area contributed by atoms with Crippen molar-refractivity contribution in [2.24, 2.45) is 0 Å². The molecule has 276 valence electrons. The van der Waals surface area contributed by atoms with Crippen LogP contribution in [0.4, 0.5) is 0 Å². The van der Waals surface area contributed by atoms with Gasteiger partial charge in [-0.15, -0.1) is 0 Å². The molecule has 1 aliphatic rings. The number of rotatable bonds is 0. The van der Waals surface area contributed by atoms with Gasteiger partial charge in [0.2, 0.25) is 0 Å². The molecule has 1 rings (SSSR count). The zero-order valence-electron chi connectivity index (χ0n) is 32.4. The summed E-state index contributed by atoms with van der Waals surface area (Å²) >= 11 is 0. The van der Waals surface area contributed by atoms with E-state index in [1.165, 1.54) is 231 Å². The lowest BCUT2D eigenvalue weighted by Crippen LogP contribution is -1.85. The molecule has 0 spiro atoms. The van der Waals surface area contributed by atoms with E-state index in [2.05, 4.69) is 72.9 Å². The third-order valence-corrected chi connectivity index (χ3v) is 10.3. The van der Waals surface area contributed by atoms with Gasteiger partial charge in [0.1, 0.15) is 0 Å². The van der Waals surface area contributed by atoms with Crippen LogP contribution in [0.15, 0.2) is 72.9 Å². The van der Waals surface area contributed by atoms with Crippen LogP contribution in [0.1, 0.15) is 231 Å². The molecule has 0 fully saturated rings. The van der Waals surface area contributed by atoms with Crippen molar-refractivity contribution in [2.75, 3.05) is 0 Å². The molecule has 0 amide bonds. The Morgan fingerprint density at radius 3 is 0.417 bits per heavy atom. The van der Waals surface area contributed by atoms with Gasteiger partial charge in [-0.25, -0.2) is 0 Å². The Labute approximate surface area is 303 Å². The number of hydrogen-bond acceptors (Lipinski definition) is 0. The molecular weight excluding hydrogens is 577 g/mol. The maximum Gasteiger partial charge on any atom is -0.0348 e. The topological polar surface area (TPSA) is 0 Å². The molecule has 0 heteroatoms. The minimum absolute atomic E-state index is 1.21. The van der Waals surface area contributed by atoms with Crippen LogP contribution in [0.5, 0.6) is 0 Å². The lowest BCUT2D eigenvalue weighted by atomic mass is 10.0. The van der Waals surface area contributed by atoms with Crippen molar-refractivity contribution in [3.63, 3.8) is 0 Å². The molecule has 1 aliphatic carbocycles. The molecule has 0 aromatic heterocycles. The zero-order chi connectivity index (χ0) is 33.9. The van der Waals surface area contributed by atoms with E-state index in [9.17, 15) is 0 Å². The first-order valence-corrected chi connectivity index (χ1v) is 22.0. The minimum atomic E-state index is 1.21. The van der Waals surface area contributed by atoms with E-state index in [0.29, 0.717) is 0 Å². The summed E-state index contributed by atoms with van der Waals surface area (Å²) in [4.78, 5) is 0. The van der Waals surface area contributed by atoms with Gasteiger partial charge in [0.25, 0.3) is 0 Å². The summed E-state index contributed by atoms with van der Waals surface area (Å²) in [5.74, 6) is 0. The molecule has 0 aliphatic heterocycles. The first kappa shape index (κ1) is 44.5. The molecule has 0 heterocycles. The molecule has 0 aromatic carbocycles. The van der Waals surface area contributed by atoms with Crippen molar-refractivity contribution in [1.29, 1.82) is 0 Å². The number of allylic oxidation sites excluding steroid dienone is 12. The highest BCUT2D eigenvalue weighted by atomic mass is 14.0. The molecule has 0 nitrogen and oxygen atoms in total. The van der Waals surface area contributed by atoms with Crippen molar-refractivity contribution >= 4 is 0 Å². The van der Waals surface area contributed by atoms with Crippen molar-refractivity contribution in [1.82, 2.24) is 0 Å². The average Bonchev–Trinajstić information content (AvgIpc) is 3.10. The lowest BCUT2D eigenvalue weighted by Gasteiger charge is -2.05. The summed E-state index contributed by atoms with van der Waals surface area (Å²) in [5, 5.41) is 0. The standard InChI is InChI=1S/C48H84/c1-2-4-6-8-10-12-14-16-18-20-22-24-26-28-30-32-34-36-38-40-42-44-46-48-47-45-43-41-39-37-35-33-31-29-27-25-23-21-19-17-15-13-11-9-7-5-3-1/h1-12H,13-48H2/b3-1+,4-2?,7-5-,8-6?,11-9+,12-10-. The second kappa shape index (κ2) is 41.6. The molecule has 0 atom stereocenters. The Bertz CT molecular complexity index is 708. The van der Waals surface area contributed by atoms with E-state index < -0.39 is 0 Å². The molecular formula is C48H84. The van der Waals surface area contributed by atoms with E-state index >= 15 is 0 Å². The van der Waals surface area contributed by atoms with E-state index in [4.69, 9.17) is 0 Å². The largest absolute Gasteiger partial charge is 0.0845 e. The van der Waals surface area contributed by atoms with Crippen molar-refractivity contribution < 1.29 is 0 Å². The molecule has 0 bridgehead atoms. The second-order valence-electron chi connectivity index (χ2n) is 15.0. The summed E-state index contributed by atoms with van der Waals surface area (Å²) in [6.07, 6.45) is 78.0. The molecule has 0 N–H and O–H groups in total. The molecule has 48 heavy (non-hydrogen) atoms. The predicted molar refractivity (Wildman–Crippen MR) is 221 cm³/mol. The van der Waals surface area contributed by atoms with E-state index in [0.717, 1.165) is 0 Å². The Hall–Kier alpha value is -1.56. The van der Waals surface area contributed by atoms with Crippen molar-refractivity contribution in [2.45, 2.75) is 231 Å². The fourth-order valence-electron chi connectivity index (χ4n) is 7.04. The van der Waals surface area contributed by atoms with Gasteiger partial charge in [-0.2, -0.15) is 0 Å². The van der Waals surface area contributed by atoms with Crippen LogP contribution in [0, 0.1) is 0 Å². The van der Waals surface area contributed by atoms with Gasteiger partial charge in [0, 0.05) is 0 Å². The van der Waals surface area contributed by atoms with E-state index in [1.807, 2.05) is 0 Å². The maximum absolute atomic E-state index is 2.32. The Morgan fingerprint density at radius 1 is 0.125 bits per heavy atom. The van der Waals surface area contributed by atoms with Gasteiger partial charge in [0.05, 0.1) is 0 Å². The summed E-state index contributed by atoms with van der Waals surface area (Å²) in [6, 6.07) is 0. The van der Waals surface area contributed by atoms with Crippen LogP contribution >= 0.6 is 0 Å². The van der Waals surface area contributed by atoms with Crippen molar-refractivity contribution in [3.8, 4) is 0 Å².